The van der Waals surface area contributed by atoms with Gasteiger partial charge in [0.25, 0.3) is 0 Å². The predicted molar refractivity (Wildman–Crippen MR) is 74.1 cm³/mol. The highest BCUT2D eigenvalue weighted by molar-refractivity contribution is 5.68. The number of carboxylic acids is 1. The van der Waals surface area contributed by atoms with Gasteiger partial charge in [0.2, 0.25) is 0 Å². The number of hydrogen-bond acceptors (Lipinski definition) is 3. The fourth-order valence-corrected chi connectivity index (χ4v) is 3.85. The SMILES string of the molecule is C[C@@H]1C[C@H]1NC1CCN(C2(CC(=O)O)CCC2)CC1. The molecule has 0 radical (unpaired) electrons. The molecule has 2 atom stereocenters. The second-order valence-corrected chi connectivity index (χ2v) is 6.90. The van der Waals surface area contributed by atoms with Crippen LogP contribution in [0.4, 0.5) is 0 Å². The number of rotatable bonds is 5. The van der Waals surface area contributed by atoms with E-state index >= 15 is 0 Å². The molecule has 0 aromatic carbocycles. The maximum absolute atomic E-state index is 11.1. The van der Waals surface area contributed by atoms with Crippen LogP contribution in [0, 0.1) is 5.92 Å². The van der Waals surface area contributed by atoms with E-state index in [0.717, 1.165) is 37.9 Å². The van der Waals surface area contributed by atoms with Crippen LogP contribution in [0.5, 0.6) is 0 Å². The fourth-order valence-electron chi connectivity index (χ4n) is 3.85. The van der Waals surface area contributed by atoms with Crippen LogP contribution in [0.1, 0.15) is 51.9 Å². The average molecular weight is 266 g/mol. The van der Waals surface area contributed by atoms with Gasteiger partial charge in [-0.1, -0.05) is 6.92 Å². The smallest absolute Gasteiger partial charge is 0.305 e. The van der Waals surface area contributed by atoms with E-state index in [2.05, 4.69) is 17.1 Å². The summed E-state index contributed by atoms with van der Waals surface area (Å²) < 4.78 is 0. The minimum absolute atomic E-state index is 0.00365. The molecule has 2 saturated carbocycles. The van der Waals surface area contributed by atoms with E-state index in [0.29, 0.717) is 12.5 Å². The number of likely N-dealkylation sites (tertiary alicyclic amines) is 1. The maximum atomic E-state index is 11.1. The third-order valence-electron chi connectivity index (χ3n) is 5.49. The van der Waals surface area contributed by atoms with Crippen molar-refractivity contribution in [2.75, 3.05) is 13.1 Å². The molecule has 0 bridgehead atoms. The number of carbonyl (C=O) groups is 1. The number of hydrogen-bond donors (Lipinski definition) is 2. The summed E-state index contributed by atoms with van der Waals surface area (Å²) in [6.07, 6.45) is 7.41. The Morgan fingerprint density at radius 1 is 1.37 bits per heavy atom. The summed E-state index contributed by atoms with van der Waals surface area (Å²) >= 11 is 0. The quantitative estimate of drug-likeness (QED) is 0.797. The van der Waals surface area contributed by atoms with Gasteiger partial charge in [0.05, 0.1) is 6.42 Å². The zero-order valence-electron chi connectivity index (χ0n) is 11.9. The lowest BCUT2D eigenvalue weighted by molar-refractivity contribution is -0.143. The Morgan fingerprint density at radius 3 is 2.42 bits per heavy atom. The summed E-state index contributed by atoms with van der Waals surface area (Å²) in [5.74, 6) is 0.231. The standard InChI is InChI=1S/C15H26N2O2/c1-11-9-13(11)16-12-3-7-17(8-4-12)15(5-2-6-15)10-14(18)19/h11-13,16H,2-10H2,1H3,(H,18,19)/t11-,13-/m1/s1. The fraction of sp³-hybridized carbons (Fsp3) is 0.933. The molecular formula is C15H26N2O2. The van der Waals surface area contributed by atoms with Crippen molar-refractivity contribution in [3.05, 3.63) is 0 Å². The summed E-state index contributed by atoms with van der Waals surface area (Å²) in [4.78, 5) is 13.5. The van der Waals surface area contributed by atoms with Gasteiger partial charge < -0.3 is 10.4 Å². The van der Waals surface area contributed by atoms with Gasteiger partial charge >= 0.3 is 5.97 Å². The van der Waals surface area contributed by atoms with E-state index in [9.17, 15) is 4.79 Å². The van der Waals surface area contributed by atoms with Crippen LogP contribution < -0.4 is 5.32 Å². The topological polar surface area (TPSA) is 52.6 Å². The molecule has 19 heavy (non-hydrogen) atoms. The Hall–Kier alpha value is -0.610. The van der Waals surface area contributed by atoms with Crippen molar-refractivity contribution in [2.24, 2.45) is 5.92 Å². The van der Waals surface area contributed by atoms with Crippen molar-refractivity contribution < 1.29 is 9.90 Å². The Labute approximate surface area is 115 Å². The minimum atomic E-state index is -0.633. The van der Waals surface area contributed by atoms with E-state index in [1.807, 2.05) is 0 Å². The highest BCUT2D eigenvalue weighted by atomic mass is 16.4. The normalized spacial score (nSPS) is 34.8. The molecule has 0 aromatic rings. The van der Waals surface area contributed by atoms with Crippen LogP contribution in [-0.4, -0.2) is 46.7 Å². The first-order chi connectivity index (χ1) is 9.09. The Bertz CT molecular complexity index is 346. The van der Waals surface area contributed by atoms with Gasteiger partial charge in [0.15, 0.2) is 0 Å². The molecule has 1 heterocycles. The van der Waals surface area contributed by atoms with E-state index in [1.165, 1.54) is 25.7 Å². The molecule has 0 amide bonds. The molecule has 0 spiro atoms. The summed E-state index contributed by atoms with van der Waals surface area (Å²) in [5, 5.41) is 12.9. The van der Waals surface area contributed by atoms with Crippen LogP contribution >= 0.6 is 0 Å². The lowest BCUT2D eigenvalue weighted by atomic mass is 9.72. The Morgan fingerprint density at radius 2 is 2.00 bits per heavy atom. The van der Waals surface area contributed by atoms with Crippen LogP contribution in [0.25, 0.3) is 0 Å². The molecule has 2 aliphatic carbocycles. The van der Waals surface area contributed by atoms with E-state index in [4.69, 9.17) is 5.11 Å². The number of piperidine rings is 1. The van der Waals surface area contributed by atoms with Crippen molar-refractivity contribution in [1.82, 2.24) is 10.2 Å². The highest BCUT2D eigenvalue weighted by Gasteiger charge is 2.45. The first kappa shape index (κ1) is 13.4. The van der Waals surface area contributed by atoms with E-state index < -0.39 is 5.97 Å². The van der Waals surface area contributed by atoms with Crippen molar-refractivity contribution in [3.8, 4) is 0 Å². The summed E-state index contributed by atoms with van der Waals surface area (Å²) in [5.41, 5.74) is 0.00365. The molecule has 4 nitrogen and oxygen atoms in total. The molecule has 3 rings (SSSR count). The first-order valence-electron chi connectivity index (χ1n) is 7.82. The van der Waals surface area contributed by atoms with Crippen LogP contribution in [0.3, 0.4) is 0 Å². The predicted octanol–water partition coefficient (Wildman–Crippen LogP) is 1.85. The van der Waals surface area contributed by atoms with Gasteiger partial charge in [-0.15, -0.1) is 0 Å². The molecule has 1 saturated heterocycles. The van der Waals surface area contributed by atoms with Gasteiger partial charge in [-0.2, -0.15) is 0 Å². The van der Waals surface area contributed by atoms with Crippen molar-refractivity contribution in [2.45, 2.75) is 69.5 Å². The van der Waals surface area contributed by atoms with Gasteiger partial charge in [-0.05, 0) is 44.4 Å². The lowest BCUT2D eigenvalue weighted by Gasteiger charge is -2.52. The molecule has 108 valence electrons. The highest BCUT2D eigenvalue weighted by Crippen LogP contribution is 2.42. The van der Waals surface area contributed by atoms with Crippen molar-refractivity contribution in [1.29, 1.82) is 0 Å². The van der Waals surface area contributed by atoms with Gasteiger partial charge in [0, 0.05) is 30.7 Å². The Balaban J connectivity index is 1.50. The second kappa shape index (κ2) is 5.06. The van der Waals surface area contributed by atoms with Gasteiger partial charge in [-0.25, -0.2) is 0 Å². The molecule has 1 aliphatic heterocycles. The van der Waals surface area contributed by atoms with Gasteiger partial charge in [-0.3, -0.25) is 9.69 Å². The van der Waals surface area contributed by atoms with E-state index in [1.54, 1.807) is 0 Å². The van der Waals surface area contributed by atoms with Crippen molar-refractivity contribution in [3.63, 3.8) is 0 Å². The zero-order chi connectivity index (χ0) is 13.5. The third kappa shape index (κ3) is 2.79. The van der Waals surface area contributed by atoms with Crippen LogP contribution in [-0.2, 0) is 4.79 Å². The molecule has 0 aromatic heterocycles. The maximum Gasteiger partial charge on any atom is 0.305 e. The minimum Gasteiger partial charge on any atom is -0.481 e. The molecule has 0 unspecified atom stereocenters. The largest absolute Gasteiger partial charge is 0.481 e. The molecule has 3 fully saturated rings. The van der Waals surface area contributed by atoms with Crippen LogP contribution in [0.15, 0.2) is 0 Å². The molecule has 2 N–H and O–H groups in total. The van der Waals surface area contributed by atoms with Crippen LogP contribution in [0.2, 0.25) is 0 Å². The summed E-state index contributed by atoms with van der Waals surface area (Å²) in [7, 11) is 0. The average Bonchev–Trinajstić information content (AvgIpc) is 3.00. The van der Waals surface area contributed by atoms with E-state index in [-0.39, 0.29) is 5.54 Å². The summed E-state index contributed by atoms with van der Waals surface area (Å²) in [6, 6.07) is 1.42. The summed E-state index contributed by atoms with van der Waals surface area (Å²) in [6.45, 7) is 4.46. The second-order valence-electron chi connectivity index (χ2n) is 6.90. The Kier molecular flexibility index (Phi) is 3.56. The molecule has 4 heteroatoms. The van der Waals surface area contributed by atoms with Gasteiger partial charge in [0.1, 0.15) is 0 Å². The number of aliphatic carboxylic acids is 1. The van der Waals surface area contributed by atoms with Crippen molar-refractivity contribution >= 4 is 5.97 Å². The third-order valence-corrected chi connectivity index (χ3v) is 5.49. The number of carboxylic acid groups (broad SMARTS) is 1. The number of nitrogens with zero attached hydrogens (tertiary/aromatic N) is 1. The lowest BCUT2D eigenvalue weighted by Crippen LogP contribution is -2.58. The monoisotopic (exact) mass is 266 g/mol. The number of nitrogens with one attached hydrogen (secondary N) is 1. The molecular weight excluding hydrogens is 240 g/mol. The zero-order valence-corrected chi connectivity index (χ0v) is 11.9. The first-order valence-corrected chi connectivity index (χ1v) is 7.82. The molecule has 3 aliphatic rings.